The molecule has 18 atom stereocenters. The van der Waals surface area contributed by atoms with Crippen LogP contribution in [0.2, 0.25) is 0 Å². The second kappa shape index (κ2) is 19.9. The summed E-state index contributed by atoms with van der Waals surface area (Å²) in [5, 5.41) is 34.6. The molecule has 4 fully saturated rings. The number of nitrogens with one attached hydrogen (secondary N) is 1. The van der Waals surface area contributed by atoms with Crippen molar-refractivity contribution < 1.29 is 58.2 Å². The van der Waals surface area contributed by atoms with Gasteiger partial charge in [0, 0.05) is 40.1 Å². The van der Waals surface area contributed by atoms with Crippen molar-refractivity contribution in [1.82, 2.24) is 5.48 Å². The van der Waals surface area contributed by atoms with Gasteiger partial charge in [-0.3, -0.25) is 9.59 Å². The maximum atomic E-state index is 14.7. The molecule has 63 heavy (non-hydrogen) atoms. The van der Waals surface area contributed by atoms with Crippen LogP contribution >= 0.6 is 15.9 Å². The molecule has 0 radical (unpaired) electrons. The number of hydroxylamine groups is 1. The number of carbonyl (C=O) groups is 3. The van der Waals surface area contributed by atoms with E-state index in [4.69, 9.17) is 28.5 Å². The largest absolute Gasteiger partial charge is 0.392 e. The SMILES string of the molecule is CC[C@@H](C(=O)[C@@H](C)[C@@H](O)[C@H](C)[C@@H]1O[C@@H]([C@@H](CC)C(=O)ONC(=O)c2ccc(Br)cc2)CC[C@@H]1C)[C@H]1O[C@]2(C=C[C@@H](O)[C@]3(CC[C@@](C)([C@H]4CC[C@](O)(CC)[C@H](C)O4)O3)O2)[C@H](C)C[C@@H]1C. The van der Waals surface area contributed by atoms with Gasteiger partial charge in [0.25, 0.3) is 5.91 Å². The van der Waals surface area contributed by atoms with E-state index < -0.39 is 88.8 Å². The topological polar surface area (TPSA) is 179 Å². The smallest absolute Gasteiger partial charge is 0.337 e. The van der Waals surface area contributed by atoms with Gasteiger partial charge in [-0.15, -0.1) is 0 Å². The number of hydrogen-bond acceptors (Lipinski definition) is 12. The molecule has 1 aromatic carbocycles. The summed E-state index contributed by atoms with van der Waals surface area (Å²) in [5.41, 5.74) is 0.957. The highest BCUT2D eigenvalue weighted by Gasteiger charge is 2.63. The lowest BCUT2D eigenvalue weighted by molar-refractivity contribution is -0.409. The zero-order chi connectivity index (χ0) is 46.2. The van der Waals surface area contributed by atoms with Crippen molar-refractivity contribution >= 4 is 33.6 Å². The van der Waals surface area contributed by atoms with E-state index in [-0.39, 0.29) is 35.7 Å². The lowest BCUT2D eigenvalue weighted by Gasteiger charge is -2.54. The molecule has 6 rings (SSSR count). The quantitative estimate of drug-likeness (QED) is 0.112. The van der Waals surface area contributed by atoms with E-state index in [1.165, 1.54) is 0 Å². The van der Waals surface area contributed by atoms with E-state index in [0.29, 0.717) is 63.4 Å². The number of aliphatic hydroxyl groups excluding tert-OH is 2. The van der Waals surface area contributed by atoms with Crippen LogP contribution in [0.5, 0.6) is 0 Å². The first-order chi connectivity index (χ1) is 29.7. The van der Waals surface area contributed by atoms with Crippen molar-refractivity contribution in [3.63, 3.8) is 0 Å². The number of halogens is 1. The van der Waals surface area contributed by atoms with Gasteiger partial charge in [-0.1, -0.05) is 71.3 Å². The molecule has 2 spiro atoms. The fourth-order valence-corrected chi connectivity index (χ4v) is 11.6. The Morgan fingerprint density at radius 1 is 0.905 bits per heavy atom. The molecular weight excluding hydrogens is 874 g/mol. The summed E-state index contributed by atoms with van der Waals surface area (Å²) in [7, 11) is 0. The first-order valence-electron chi connectivity index (χ1n) is 23.6. The molecule has 4 saturated heterocycles. The second-order valence-corrected chi connectivity index (χ2v) is 20.9. The Morgan fingerprint density at radius 3 is 2.22 bits per heavy atom. The number of ketones is 1. The molecule has 0 aromatic heterocycles. The molecule has 5 aliphatic rings. The minimum Gasteiger partial charge on any atom is -0.392 e. The second-order valence-electron chi connectivity index (χ2n) is 19.9. The average Bonchev–Trinajstić information content (AvgIpc) is 3.61. The Kier molecular flexibility index (Phi) is 15.8. The number of carbonyl (C=O) groups excluding carboxylic acids is 3. The molecule has 0 aliphatic carbocycles. The monoisotopic (exact) mass is 947 g/mol. The number of ether oxygens (including phenoxy) is 5. The average molecular weight is 949 g/mol. The molecule has 13 nitrogen and oxygen atoms in total. The minimum absolute atomic E-state index is 0.0156. The number of rotatable bonds is 13. The van der Waals surface area contributed by atoms with Gasteiger partial charge < -0.3 is 43.8 Å². The maximum absolute atomic E-state index is 14.7. The third kappa shape index (κ3) is 10.1. The highest BCUT2D eigenvalue weighted by molar-refractivity contribution is 9.10. The van der Waals surface area contributed by atoms with E-state index in [0.717, 1.165) is 10.9 Å². The summed E-state index contributed by atoms with van der Waals surface area (Å²) < 4.78 is 34.7. The third-order valence-corrected chi connectivity index (χ3v) is 16.3. The Balaban J connectivity index is 1.11. The number of aliphatic hydroxyl groups is 3. The van der Waals surface area contributed by atoms with Crippen LogP contribution in [0.3, 0.4) is 0 Å². The first-order valence-corrected chi connectivity index (χ1v) is 24.4. The lowest BCUT2D eigenvalue weighted by atomic mass is 9.72. The van der Waals surface area contributed by atoms with Crippen molar-refractivity contribution in [2.75, 3.05) is 0 Å². The van der Waals surface area contributed by atoms with Crippen LogP contribution in [-0.2, 0) is 38.1 Å². The maximum Gasteiger partial charge on any atom is 0.337 e. The summed E-state index contributed by atoms with van der Waals surface area (Å²) in [6.45, 7) is 19.6. The summed E-state index contributed by atoms with van der Waals surface area (Å²) in [5.74, 6) is -6.42. The van der Waals surface area contributed by atoms with E-state index in [1.807, 2.05) is 41.5 Å². The molecular formula is C49H74BrNO12. The summed E-state index contributed by atoms with van der Waals surface area (Å²) in [6, 6.07) is 6.69. The van der Waals surface area contributed by atoms with Gasteiger partial charge in [-0.05, 0) is 120 Å². The van der Waals surface area contributed by atoms with Gasteiger partial charge in [0.15, 0.2) is 5.79 Å². The number of benzene rings is 1. The predicted octanol–water partition coefficient (Wildman–Crippen LogP) is 7.75. The van der Waals surface area contributed by atoms with Crippen molar-refractivity contribution in [3.8, 4) is 0 Å². The normalized spacial score (nSPS) is 40.5. The van der Waals surface area contributed by atoms with Crippen LogP contribution in [0, 0.1) is 41.4 Å². The van der Waals surface area contributed by atoms with E-state index in [9.17, 15) is 29.7 Å². The molecule has 0 unspecified atom stereocenters. The molecule has 1 amide bonds. The van der Waals surface area contributed by atoms with E-state index in [2.05, 4.69) is 42.2 Å². The van der Waals surface area contributed by atoms with Crippen LogP contribution in [0.1, 0.15) is 144 Å². The van der Waals surface area contributed by atoms with Crippen molar-refractivity contribution in [2.45, 2.75) is 199 Å². The number of amides is 1. The van der Waals surface area contributed by atoms with Crippen LogP contribution < -0.4 is 5.48 Å². The number of Topliss-reactive ketones (excluding diaryl/α,β-unsaturated/α-hetero) is 1. The first kappa shape index (κ1) is 50.1. The van der Waals surface area contributed by atoms with Gasteiger partial charge in [-0.2, -0.15) is 5.48 Å². The molecule has 5 heterocycles. The van der Waals surface area contributed by atoms with E-state index >= 15 is 0 Å². The van der Waals surface area contributed by atoms with Gasteiger partial charge in [0.1, 0.15) is 11.9 Å². The highest BCUT2D eigenvalue weighted by Crippen LogP contribution is 2.54. The molecule has 1 aromatic rings. The Bertz CT molecular complexity index is 1800. The van der Waals surface area contributed by atoms with Crippen LogP contribution in [0.15, 0.2) is 40.9 Å². The molecule has 14 heteroatoms. The van der Waals surface area contributed by atoms with Gasteiger partial charge in [-0.25, -0.2) is 4.79 Å². The summed E-state index contributed by atoms with van der Waals surface area (Å²) >= 11 is 3.35. The molecule has 0 bridgehead atoms. The molecule has 0 saturated carbocycles. The van der Waals surface area contributed by atoms with Crippen LogP contribution in [0.4, 0.5) is 0 Å². The zero-order valence-electron chi connectivity index (χ0n) is 39.0. The highest BCUT2D eigenvalue weighted by atomic mass is 79.9. The minimum atomic E-state index is -1.39. The zero-order valence-corrected chi connectivity index (χ0v) is 40.6. The molecule has 5 aliphatic heterocycles. The predicted molar refractivity (Wildman–Crippen MR) is 239 cm³/mol. The summed E-state index contributed by atoms with van der Waals surface area (Å²) in [6.07, 6.45) is 4.96. The third-order valence-electron chi connectivity index (χ3n) is 15.8. The molecule has 4 N–H and O–H groups in total. The van der Waals surface area contributed by atoms with Gasteiger partial charge >= 0.3 is 5.97 Å². The Morgan fingerprint density at radius 2 is 1.59 bits per heavy atom. The van der Waals surface area contributed by atoms with Crippen molar-refractivity contribution in [2.24, 2.45) is 41.4 Å². The van der Waals surface area contributed by atoms with Crippen molar-refractivity contribution in [1.29, 1.82) is 0 Å². The Hall–Kier alpha value is -2.27. The fraction of sp³-hybridized carbons (Fsp3) is 0.776. The van der Waals surface area contributed by atoms with E-state index in [1.54, 1.807) is 43.3 Å². The Labute approximate surface area is 382 Å². The van der Waals surface area contributed by atoms with Gasteiger partial charge in [0.2, 0.25) is 5.79 Å². The van der Waals surface area contributed by atoms with Crippen LogP contribution in [0.25, 0.3) is 0 Å². The van der Waals surface area contributed by atoms with Crippen LogP contribution in [-0.4, -0.2) is 98.5 Å². The number of hydrogen-bond donors (Lipinski definition) is 4. The van der Waals surface area contributed by atoms with Gasteiger partial charge in [0.05, 0.1) is 53.7 Å². The molecule has 354 valence electrons. The summed E-state index contributed by atoms with van der Waals surface area (Å²) in [4.78, 5) is 45.9. The van der Waals surface area contributed by atoms with Crippen molar-refractivity contribution in [3.05, 3.63) is 46.5 Å². The lowest BCUT2D eigenvalue weighted by Crippen LogP contribution is -2.63. The fourth-order valence-electron chi connectivity index (χ4n) is 11.3. The standard InChI is InChI=1S/C49H74BrNO12/c1-11-35(45(56)61-51-44(55)33-15-17-34(50)18-16-33)37-19-14-27(4)42(59-37)31(8)40(53)30(7)41(54)36(12-2)43-28(5)26-29(6)48(60-43)23-20-38(52)49(63-48)25-24-46(10,62-49)39-21-22-47(57,13-3)32(9)58-39/h15-18,20,23,27-32,35-40,42-43,52-53,57H,11-14,19,21-22,24-26H2,1-10H3,(H,51,55)/t27-,28-,29+,30-,31-,32-,35+,36-,37+,38+,39+,40+,42+,43-,46-,47+,48-,49-/m0/s1.